The van der Waals surface area contributed by atoms with E-state index < -0.39 is 6.10 Å². The summed E-state index contributed by atoms with van der Waals surface area (Å²) in [5, 5.41) is 13.4. The van der Waals surface area contributed by atoms with Crippen LogP contribution in [0.15, 0.2) is 24.3 Å². The normalized spacial score (nSPS) is 26.2. The first-order chi connectivity index (χ1) is 15.3. The molecule has 2 aliphatic heterocycles. The summed E-state index contributed by atoms with van der Waals surface area (Å²) < 4.78 is 0. The number of carbonyl (C=O) groups excluding carboxylic acids is 1. The molecule has 0 spiro atoms. The average Bonchev–Trinajstić information content (AvgIpc) is 2.72. The van der Waals surface area contributed by atoms with E-state index in [2.05, 4.69) is 20.3 Å². The molecule has 172 valence electrons. The molecule has 0 aliphatic carbocycles. The van der Waals surface area contributed by atoms with Crippen molar-refractivity contribution >= 4 is 29.3 Å². The van der Waals surface area contributed by atoms with Crippen LogP contribution in [0.4, 0.5) is 23.5 Å². The van der Waals surface area contributed by atoms with Crippen LogP contribution in [-0.2, 0) is 0 Å². The highest BCUT2D eigenvalue weighted by atomic mass is 16.3. The zero-order valence-electron chi connectivity index (χ0n) is 18.2. The summed E-state index contributed by atoms with van der Waals surface area (Å²) in [4.78, 5) is 29.2. The molecule has 2 aromatic rings. The Hall–Kier alpha value is -2.86. The van der Waals surface area contributed by atoms with Gasteiger partial charge in [0.15, 0.2) is 5.78 Å². The second-order valence-corrected chi connectivity index (χ2v) is 8.73. The Kier molecular flexibility index (Phi) is 6.51. The first kappa shape index (κ1) is 22.3. The summed E-state index contributed by atoms with van der Waals surface area (Å²) in [5.74, 6) is 1.25. The molecule has 0 radical (unpaired) electrons. The van der Waals surface area contributed by atoms with E-state index in [1.54, 1.807) is 24.3 Å². The van der Waals surface area contributed by atoms with Crippen molar-refractivity contribution in [1.82, 2.24) is 15.0 Å². The number of β-amino-alcohol motifs (C(OH)–C–C–N with tert-alkyl or cyclic N) is 1. The molecule has 0 saturated carbocycles. The molecule has 4 atom stereocenters. The van der Waals surface area contributed by atoms with Crippen LogP contribution in [0.2, 0.25) is 0 Å². The molecule has 11 nitrogen and oxygen atoms in total. The van der Waals surface area contributed by atoms with Crippen molar-refractivity contribution in [3.05, 3.63) is 29.8 Å². The number of aliphatic hydroxyl groups excluding tert-OH is 1. The molecule has 2 saturated heterocycles. The van der Waals surface area contributed by atoms with Gasteiger partial charge in [0.2, 0.25) is 17.8 Å². The number of nitrogens with one attached hydrogen (secondary N) is 1. The number of ketones is 1. The van der Waals surface area contributed by atoms with Crippen molar-refractivity contribution in [1.29, 1.82) is 0 Å². The average molecular weight is 442 g/mol. The summed E-state index contributed by atoms with van der Waals surface area (Å²) in [6, 6.07) is 6.78. The maximum atomic E-state index is 11.5. The van der Waals surface area contributed by atoms with Gasteiger partial charge in [0.05, 0.1) is 6.10 Å². The number of aromatic nitrogens is 3. The van der Waals surface area contributed by atoms with Crippen LogP contribution in [-0.4, -0.2) is 76.3 Å². The van der Waals surface area contributed by atoms with E-state index in [1.807, 2.05) is 9.80 Å². The van der Waals surface area contributed by atoms with Crippen molar-refractivity contribution in [2.24, 2.45) is 17.2 Å². The highest BCUT2D eigenvalue weighted by Gasteiger charge is 2.29. The van der Waals surface area contributed by atoms with Gasteiger partial charge in [0.1, 0.15) is 0 Å². The van der Waals surface area contributed by atoms with Gasteiger partial charge in [0, 0.05) is 55.6 Å². The summed E-state index contributed by atoms with van der Waals surface area (Å²) in [7, 11) is 0. The predicted molar refractivity (Wildman–Crippen MR) is 123 cm³/mol. The van der Waals surface area contributed by atoms with Gasteiger partial charge in [-0.1, -0.05) is 0 Å². The Balaban J connectivity index is 1.65. The predicted octanol–water partition coefficient (Wildman–Crippen LogP) is -0.419. The van der Waals surface area contributed by atoms with Gasteiger partial charge in [-0.2, -0.15) is 15.0 Å². The molecule has 11 heteroatoms. The summed E-state index contributed by atoms with van der Waals surface area (Å²) >= 11 is 0. The molecular formula is C21H31N9O2. The highest BCUT2D eigenvalue weighted by molar-refractivity contribution is 5.94. The molecule has 1 aromatic heterocycles. The van der Waals surface area contributed by atoms with Crippen molar-refractivity contribution < 1.29 is 9.90 Å². The van der Waals surface area contributed by atoms with E-state index in [0.717, 1.165) is 12.1 Å². The van der Waals surface area contributed by atoms with E-state index in [4.69, 9.17) is 17.2 Å². The number of carbonyl (C=O) groups is 1. The Morgan fingerprint density at radius 3 is 1.97 bits per heavy atom. The fraction of sp³-hybridized carbons (Fsp3) is 0.524. The molecule has 4 rings (SSSR count). The van der Waals surface area contributed by atoms with Crippen LogP contribution >= 0.6 is 0 Å². The molecule has 0 amide bonds. The lowest BCUT2D eigenvalue weighted by Gasteiger charge is -2.36. The third kappa shape index (κ3) is 5.30. The summed E-state index contributed by atoms with van der Waals surface area (Å²) in [6.07, 6.45) is 0.735. The Morgan fingerprint density at radius 2 is 1.44 bits per heavy atom. The molecule has 3 heterocycles. The first-order valence-corrected chi connectivity index (χ1v) is 10.9. The van der Waals surface area contributed by atoms with E-state index in [9.17, 15) is 9.90 Å². The van der Waals surface area contributed by atoms with Crippen molar-refractivity contribution in [2.45, 2.75) is 44.0 Å². The summed E-state index contributed by atoms with van der Waals surface area (Å²) in [5.41, 5.74) is 19.8. The number of hydrogen-bond acceptors (Lipinski definition) is 11. The number of anilines is 4. The molecule has 2 aliphatic rings. The molecule has 0 unspecified atom stereocenters. The monoisotopic (exact) mass is 441 g/mol. The number of nitrogens with zero attached hydrogens (tertiary/aromatic N) is 5. The lowest BCUT2D eigenvalue weighted by molar-refractivity contribution is 0.101. The Labute approximate surface area is 187 Å². The highest BCUT2D eigenvalue weighted by Crippen LogP contribution is 2.24. The molecular weight excluding hydrogens is 410 g/mol. The number of hydrogen-bond donors (Lipinski definition) is 5. The summed E-state index contributed by atoms with van der Waals surface area (Å²) in [6.45, 7) is 3.63. The number of nitrogens with two attached hydrogens (primary N) is 3. The van der Waals surface area contributed by atoms with Crippen molar-refractivity contribution in [3.8, 4) is 0 Å². The second-order valence-electron chi connectivity index (χ2n) is 8.73. The van der Waals surface area contributed by atoms with E-state index in [1.165, 1.54) is 6.92 Å². The minimum Gasteiger partial charge on any atom is -0.391 e. The third-order valence-corrected chi connectivity index (χ3v) is 5.70. The van der Waals surface area contributed by atoms with Gasteiger partial charge >= 0.3 is 0 Å². The molecule has 0 bridgehead atoms. The van der Waals surface area contributed by atoms with Gasteiger partial charge in [-0.05, 0) is 44.0 Å². The SMILES string of the molecule is CC(=O)c1ccc(Nc2nc(N3C[C@H](N)C[C@H](N)C3)nc(N3C[C@@H](N)C[C@@H](O)C3)n2)cc1. The molecule has 8 N–H and O–H groups in total. The second kappa shape index (κ2) is 9.33. The Bertz CT molecular complexity index is 891. The van der Waals surface area contributed by atoms with E-state index >= 15 is 0 Å². The fourth-order valence-electron chi connectivity index (χ4n) is 4.23. The number of piperidine rings is 2. The van der Waals surface area contributed by atoms with Gasteiger partial charge in [-0.25, -0.2) is 0 Å². The number of aliphatic hydroxyl groups is 1. The van der Waals surface area contributed by atoms with Crippen LogP contribution in [0, 0.1) is 0 Å². The topological polar surface area (TPSA) is 173 Å². The zero-order chi connectivity index (χ0) is 22.8. The number of Topliss-reactive ketones (excluding diaryl/α,β-unsaturated/α-hetero) is 1. The zero-order valence-corrected chi connectivity index (χ0v) is 18.2. The minimum absolute atomic E-state index is 0.000875. The van der Waals surface area contributed by atoms with Gasteiger partial charge in [-0.15, -0.1) is 0 Å². The Morgan fingerprint density at radius 1 is 0.906 bits per heavy atom. The van der Waals surface area contributed by atoms with Gasteiger partial charge < -0.3 is 37.4 Å². The minimum atomic E-state index is -0.550. The van der Waals surface area contributed by atoms with E-state index in [0.29, 0.717) is 56.0 Å². The van der Waals surface area contributed by atoms with Crippen LogP contribution in [0.5, 0.6) is 0 Å². The lowest BCUT2D eigenvalue weighted by atomic mass is 10.0. The van der Waals surface area contributed by atoms with Crippen LogP contribution < -0.4 is 32.3 Å². The van der Waals surface area contributed by atoms with E-state index in [-0.39, 0.29) is 23.9 Å². The van der Waals surface area contributed by atoms with Crippen molar-refractivity contribution in [2.75, 3.05) is 41.3 Å². The van der Waals surface area contributed by atoms with Gasteiger partial charge in [-0.3, -0.25) is 4.79 Å². The maximum Gasteiger partial charge on any atom is 0.233 e. The van der Waals surface area contributed by atoms with Gasteiger partial charge in [0.25, 0.3) is 0 Å². The molecule has 2 fully saturated rings. The molecule has 32 heavy (non-hydrogen) atoms. The fourth-order valence-corrected chi connectivity index (χ4v) is 4.23. The third-order valence-electron chi connectivity index (χ3n) is 5.70. The smallest absolute Gasteiger partial charge is 0.233 e. The number of rotatable bonds is 5. The standard InChI is InChI=1S/C21H31N9O2/c1-12(31)13-2-4-17(5-3-13)25-19-26-20(29-8-14(22)6-15(23)9-29)28-21(27-19)30-10-16(24)7-18(32)11-30/h2-5,14-16,18,32H,6-11,22-24H2,1H3,(H,25,26,27,28)/t14-,15+,16-,18+/m0/s1. The van der Waals surface area contributed by atoms with Crippen LogP contribution in [0.1, 0.15) is 30.1 Å². The largest absolute Gasteiger partial charge is 0.391 e. The van der Waals surface area contributed by atoms with Crippen LogP contribution in [0.25, 0.3) is 0 Å². The maximum absolute atomic E-state index is 11.5. The molecule has 1 aromatic carbocycles. The first-order valence-electron chi connectivity index (χ1n) is 10.9. The number of benzene rings is 1. The van der Waals surface area contributed by atoms with Crippen molar-refractivity contribution in [3.63, 3.8) is 0 Å². The quantitative estimate of drug-likeness (QED) is 0.381. The lowest BCUT2D eigenvalue weighted by Crippen LogP contribution is -2.53. The van der Waals surface area contributed by atoms with Crippen LogP contribution in [0.3, 0.4) is 0 Å².